The van der Waals surface area contributed by atoms with Crippen molar-refractivity contribution in [1.29, 1.82) is 0 Å². The zero-order valence-corrected chi connectivity index (χ0v) is 16.7. The summed E-state index contributed by atoms with van der Waals surface area (Å²) in [4.78, 5) is 27.5. The number of halogens is 1. The van der Waals surface area contributed by atoms with Crippen molar-refractivity contribution in [3.63, 3.8) is 0 Å². The maximum atomic E-state index is 14.5. The standard InChI is InChI=1S/C23H23FN4O2/c1-16-8-10-17(11-9-16)23(30)27-13-3-5-18(15-27)22(29)26-21-19(24)6-2-7-20(21)28-14-4-12-25-28/h2,4,6-12,14,18H,3,5,13,15H2,1H3,(H,26,29). The van der Waals surface area contributed by atoms with Gasteiger partial charge in [0, 0.05) is 31.0 Å². The molecule has 30 heavy (non-hydrogen) atoms. The quantitative estimate of drug-likeness (QED) is 0.716. The van der Waals surface area contributed by atoms with Crippen molar-refractivity contribution in [1.82, 2.24) is 14.7 Å². The van der Waals surface area contributed by atoms with Crippen LogP contribution in [0.15, 0.2) is 60.9 Å². The van der Waals surface area contributed by atoms with E-state index in [4.69, 9.17) is 0 Å². The number of benzene rings is 2. The largest absolute Gasteiger partial charge is 0.338 e. The minimum Gasteiger partial charge on any atom is -0.338 e. The monoisotopic (exact) mass is 406 g/mol. The summed E-state index contributed by atoms with van der Waals surface area (Å²) in [6.07, 6.45) is 4.65. The second-order valence-electron chi connectivity index (χ2n) is 7.53. The molecule has 7 heteroatoms. The number of aromatic nitrogens is 2. The van der Waals surface area contributed by atoms with E-state index in [0.717, 1.165) is 12.0 Å². The average Bonchev–Trinajstić information content (AvgIpc) is 3.30. The van der Waals surface area contributed by atoms with E-state index in [9.17, 15) is 14.0 Å². The van der Waals surface area contributed by atoms with E-state index in [-0.39, 0.29) is 17.5 Å². The molecule has 4 rings (SSSR count). The number of hydrogen-bond donors (Lipinski definition) is 1. The molecule has 154 valence electrons. The highest BCUT2D eigenvalue weighted by molar-refractivity contribution is 5.97. The number of likely N-dealkylation sites (tertiary alicyclic amines) is 1. The summed E-state index contributed by atoms with van der Waals surface area (Å²) in [6, 6.07) is 13.7. The van der Waals surface area contributed by atoms with E-state index in [1.807, 2.05) is 19.1 Å². The molecule has 1 aliphatic heterocycles. The van der Waals surface area contributed by atoms with Gasteiger partial charge in [0.05, 0.1) is 11.6 Å². The van der Waals surface area contributed by atoms with Gasteiger partial charge in [-0.1, -0.05) is 23.8 Å². The summed E-state index contributed by atoms with van der Waals surface area (Å²) < 4.78 is 16.0. The molecule has 1 N–H and O–H groups in total. The molecule has 0 bridgehead atoms. The second kappa shape index (κ2) is 8.49. The van der Waals surface area contributed by atoms with E-state index in [2.05, 4.69) is 10.4 Å². The molecule has 2 heterocycles. The fraction of sp³-hybridized carbons (Fsp3) is 0.261. The Morgan fingerprint density at radius 3 is 2.67 bits per heavy atom. The summed E-state index contributed by atoms with van der Waals surface area (Å²) in [5.74, 6) is -1.32. The van der Waals surface area contributed by atoms with Gasteiger partial charge in [-0.2, -0.15) is 5.10 Å². The number of aryl methyl sites for hydroxylation is 1. The topological polar surface area (TPSA) is 67.2 Å². The fourth-order valence-corrected chi connectivity index (χ4v) is 3.72. The third-order valence-electron chi connectivity index (χ3n) is 5.37. The van der Waals surface area contributed by atoms with Crippen molar-refractivity contribution in [2.45, 2.75) is 19.8 Å². The van der Waals surface area contributed by atoms with Crippen molar-refractivity contribution < 1.29 is 14.0 Å². The number of para-hydroxylation sites is 1. The zero-order chi connectivity index (χ0) is 21.1. The molecule has 1 saturated heterocycles. The van der Waals surface area contributed by atoms with Gasteiger partial charge in [-0.15, -0.1) is 0 Å². The predicted octanol–water partition coefficient (Wildman–Crippen LogP) is 3.81. The third-order valence-corrected chi connectivity index (χ3v) is 5.37. The number of piperidine rings is 1. The SMILES string of the molecule is Cc1ccc(C(=O)N2CCCC(C(=O)Nc3c(F)cccc3-n3cccn3)C2)cc1. The van der Waals surface area contributed by atoms with Crippen molar-refractivity contribution in [3.8, 4) is 5.69 Å². The maximum Gasteiger partial charge on any atom is 0.253 e. The molecule has 0 saturated carbocycles. The van der Waals surface area contributed by atoms with Crippen LogP contribution in [-0.2, 0) is 4.79 Å². The minimum absolute atomic E-state index is 0.0874. The molecule has 2 amide bonds. The molecular formula is C23H23FN4O2. The molecule has 6 nitrogen and oxygen atoms in total. The number of hydrogen-bond acceptors (Lipinski definition) is 3. The van der Waals surface area contributed by atoms with E-state index in [1.165, 1.54) is 10.7 Å². The number of nitrogens with zero attached hydrogens (tertiary/aromatic N) is 3. The molecule has 1 unspecified atom stereocenters. The Hall–Kier alpha value is -3.48. The van der Waals surface area contributed by atoms with Gasteiger partial charge in [-0.3, -0.25) is 9.59 Å². The highest BCUT2D eigenvalue weighted by atomic mass is 19.1. The highest BCUT2D eigenvalue weighted by Gasteiger charge is 2.30. The molecule has 1 aliphatic rings. The molecule has 3 aromatic rings. The van der Waals surface area contributed by atoms with Gasteiger partial charge in [-0.25, -0.2) is 9.07 Å². The predicted molar refractivity (Wildman–Crippen MR) is 112 cm³/mol. The minimum atomic E-state index is -0.528. The molecule has 0 aliphatic carbocycles. The Morgan fingerprint density at radius 1 is 1.13 bits per heavy atom. The van der Waals surface area contributed by atoms with E-state index in [1.54, 1.807) is 47.6 Å². The van der Waals surface area contributed by atoms with E-state index < -0.39 is 11.7 Å². The molecular weight excluding hydrogens is 383 g/mol. The molecule has 0 spiro atoms. The zero-order valence-electron chi connectivity index (χ0n) is 16.7. The number of amides is 2. The molecule has 0 radical (unpaired) electrons. The first kappa shape index (κ1) is 19.8. The van der Waals surface area contributed by atoms with Crippen molar-refractivity contribution in [2.75, 3.05) is 18.4 Å². The summed E-state index contributed by atoms with van der Waals surface area (Å²) in [7, 11) is 0. The van der Waals surface area contributed by atoms with Crippen LogP contribution in [0, 0.1) is 18.7 Å². The lowest BCUT2D eigenvalue weighted by atomic mass is 9.96. The van der Waals surface area contributed by atoms with Gasteiger partial charge in [0.25, 0.3) is 5.91 Å². The van der Waals surface area contributed by atoms with Crippen LogP contribution < -0.4 is 5.32 Å². The Labute approximate surface area is 174 Å². The van der Waals surface area contributed by atoms with Crippen LogP contribution in [0.25, 0.3) is 5.69 Å². The highest BCUT2D eigenvalue weighted by Crippen LogP contribution is 2.26. The summed E-state index contributed by atoms with van der Waals surface area (Å²) in [5.41, 5.74) is 2.24. The Bertz CT molecular complexity index is 1050. The summed E-state index contributed by atoms with van der Waals surface area (Å²) >= 11 is 0. The van der Waals surface area contributed by atoms with Crippen molar-refractivity contribution in [3.05, 3.63) is 77.9 Å². The first-order valence-corrected chi connectivity index (χ1v) is 9.98. The molecule has 1 atom stereocenters. The van der Waals surface area contributed by atoms with Gasteiger partial charge in [0.1, 0.15) is 11.5 Å². The lowest BCUT2D eigenvalue weighted by Crippen LogP contribution is -2.43. The van der Waals surface area contributed by atoms with Crippen LogP contribution in [-0.4, -0.2) is 39.6 Å². The number of rotatable bonds is 4. The Morgan fingerprint density at radius 2 is 1.93 bits per heavy atom. The van der Waals surface area contributed by atoms with Gasteiger partial charge in [0.15, 0.2) is 0 Å². The van der Waals surface area contributed by atoms with Crippen LogP contribution in [0.4, 0.5) is 10.1 Å². The van der Waals surface area contributed by atoms with Crippen LogP contribution in [0.5, 0.6) is 0 Å². The normalized spacial score (nSPS) is 16.3. The molecule has 1 aromatic heterocycles. The van der Waals surface area contributed by atoms with Crippen LogP contribution >= 0.6 is 0 Å². The smallest absolute Gasteiger partial charge is 0.253 e. The van der Waals surface area contributed by atoms with Crippen molar-refractivity contribution in [2.24, 2.45) is 5.92 Å². The second-order valence-corrected chi connectivity index (χ2v) is 7.53. The third kappa shape index (κ3) is 4.10. The van der Waals surface area contributed by atoms with E-state index >= 15 is 0 Å². The van der Waals surface area contributed by atoms with Gasteiger partial charge in [0.2, 0.25) is 5.91 Å². The van der Waals surface area contributed by atoms with Crippen molar-refractivity contribution >= 4 is 17.5 Å². The first-order valence-electron chi connectivity index (χ1n) is 9.98. The first-order chi connectivity index (χ1) is 14.5. The van der Waals surface area contributed by atoms with Crippen LogP contribution in [0.3, 0.4) is 0 Å². The average molecular weight is 406 g/mol. The Kier molecular flexibility index (Phi) is 5.61. The van der Waals surface area contributed by atoms with Crippen LogP contribution in [0.1, 0.15) is 28.8 Å². The summed E-state index contributed by atoms with van der Waals surface area (Å²) in [5, 5.41) is 6.86. The number of carbonyl (C=O) groups is 2. The molecule has 2 aromatic carbocycles. The maximum absolute atomic E-state index is 14.5. The summed E-state index contributed by atoms with van der Waals surface area (Å²) in [6.45, 7) is 2.88. The van der Waals surface area contributed by atoms with Crippen LogP contribution in [0.2, 0.25) is 0 Å². The van der Waals surface area contributed by atoms with Gasteiger partial charge in [-0.05, 0) is 50.1 Å². The Balaban J connectivity index is 1.49. The number of anilines is 1. The van der Waals surface area contributed by atoms with Gasteiger partial charge >= 0.3 is 0 Å². The fourth-order valence-electron chi connectivity index (χ4n) is 3.72. The van der Waals surface area contributed by atoms with E-state index in [0.29, 0.717) is 30.8 Å². The lowest BCUT2D eigenvalue weighted by molar-refractivity contribution is -0.121. The lowest BCUT2D eigenvalue weighted by Gasteiger charge is -2.32. The van der Waals surface area contributed by atoms with Gasteiger partial charge < -0.3 is 10.2 Å². The number of nitrogens with one attached hydrogen (secondary N) is 1. The number of carbonyl (C=O) groups excluding carboxylic acids is 2. The molecule has 1 fully saturated rings.